The molecule has 104 valence electrons. The maximum absolute atomic E-state index is 11.9. The first kappa shape index (κ1) is 13.7. The molecule has 2 atom stereocenters. The van der Waals surface area contributed by atoms with E-state index in [1.807, 2.05) is 20.8 Å². The fraction of sp³-hybridized carbons (Fsp3) is 0.929. The Morgan fingerprint density at radius 1 is 1.33 bits per heavy atom. The Hall–Kier alpha value is -0.770. The Kier molecular flexibility index (Phi) is 3.58. The first-order valence-electron chi connectivity index (χ1n) is 7.07. The van der Waals surface area contributed by atoms with Crippen LogP contribution in [0.3, 0.4) is 0 Å². The van der Waals surface area contributed by atoms with Gasteiger partial charge in [0.05, 0.1) is 0 Å². The van der Waals surface area contributed by atoms with Crippen LogP contribution in [0.15, 0.2) is 0 Å². The van der Waals surface area contributed by atoms with Crippen LogP contribution in [-0.4, -0.2) is 23.3 Å². The molecule has 0 aromatic heterocycles. The molecule has 4 nitrogen and oxygen atoms in total. The van der Waals surface area contributed by atoms with Gasteiger partial charge in [-0.05, 0) is 58.8 Å². The minimum Gasteiger partial charge on any atom is -0.444 e. The normalized spacial score (nSPS) is 30.7. The number of hydrogen-bond acceptors (Lipinski definition) is 3. The standard InChI is InChI=1S/C14H26N2O2/c1-13(2,3)18-12(17)16-14(7-8-14)10-5-4-6-11(15)9-10/h10-11H,4-9,15H2,1-3H3,(H,16,17). The quantitative estimate of drug-likeness (QED) is 0.796. The van der Waals surface area contributed by atoms with Gasteiger partial charge in [-0.3, -0.25) is 0 Å². The zero-order valence-corrected chi connectivity index (χ0v) is 11.8. The molecule has 2 fully saturated rings. The van der Waals surface area contributed by atoms with E-state index < -0.39 is 5.60 Å². The molecule has 0 aromatic rings. The van der Waals surface area contributed by atoms with E-state index in [9.17, 15) is 4.79 Å². The van der Waals surface area contributed by atoms with Crippen LogP contribution in [0.5, 0.6) is 0 Å². The Labute approximate surface area is 110 Å². The Morgan fingerprint density at radius 3 is 2.50 bits per heavy atom. The summed E-state index contributed by atoms with van der Waals surface area (Å²) < 4.78 is 5.35. The monoisotopic (exact) mass is 254 g/mol. The fourth-order valence-corrected chi connectivity index (χ4v) is 3.01. The molecule has 18 heavy (non-hydrogen) atoms. The third-order valence-electron chi connectivity index (χ3n) is 4.03. The minimum absolute atomic E-state index is 0.0135. The molecule has 2 saturated carbocycles. The topological polar surface area (TPSA) is 64.3 Å². The maximum atomic E-state index is 11.9. The molecule has 0 radical (unpaired) electrons. The molecule has 0 saturated heterocycles. The second kappa shape index (κ2) is 4.72. The molecule has 2 aliphatic rings. The summed E-state index contributed by atoms with van der Waals surface area (Å²) >= 11 is 0. The van der Waals surface area contributed by atoms with E-state index in [1.54, 1.807) is 0 Å². The first-order valence-corrected chi connectivity index (χ1v) is 7.07. The van der Waals surface area contributed by atoms with Gasteiger partial charge in [0.2, 0.25) is 0 Å². The zero-order valence-electron chi connectivity index (χ0n) is 11.8. The Balaban J connectivity index is 1.90. The van der Waals surface area contributed by atoms with E-state index in [0.29, 0.717) is 12.0 Å². The number of carbonyl (C=O) groups is 1. The number of ether oxygens (including phenoxy) is 1. The molecule has 0 aromatic carbocycles. The van der Waals surface area contributed by atoms with Gasteiger partial charge in [-0.1, -0.05) is 6.42 Å². The molecule has 2 rings (SSSR count). The number of alkyl carbamates (subject to hydrolysis) is 1. The van der Waals surface area contributed by atoms with Crippen LogP contribution in [0.25, 0.3) is 0 Å². The highest BCUT2D eigenvalue weighted by Crippen LogP contribution is 2.48. The van der Waals surface area contributed by atoms with Crippen molar-refractivity contribution in [2.45, 2.75) is 76.5 Å². The van der Waals surface area contributed by atoms with Crippen molar-refractivity contribution in [3.8, 4) is 0 Å². The summed E-state index contributed by atoms with van der Waals surface area (Å²) in [6.45, 7) is 5.67. The summed E-state index contributed by atoms with van der Waals surface area (Å²) in [7, 11) is 0. The van der Waals surface area contributed by atoms with E-state index in [0.717, 1.165) is 25.7 Å². The van der Waals surface area contributed by atoms with Crippen LogP contribution in [0.1, 0.15) is 59.3 Å². The average Bonchev–Trinajstić information content (AvgIpc) is 2.95. The number of carbonyl (C=O) groups excluding carboxylic acids is 1. The van der Waals surface area contributed by atoms with Gasteiger partial charge in [0, 0.05) is 11.6 Å². The molecule has 2 aliphatic carbocycles. The van der Waals surface area contributed by atoms with Crippen LogP contribution in [-0.2, 0) is 4.74 Å². The van der Waals surface area contributed by atoms with E-state index in [2.05, 4.69) is 5.32 Å². The van der Waals surface area contributed by atoms with E-state index in [1.165, 1.54) is 12.8 Å². The number of nitrogens with two attached hydrogens (primary N) is 1. The lowest BCUT2D eigenvalue weighted by Crippen LogP contribution is -2.47. The molecule has 3 N–H and O–H groups in total. The fourth-order valence-electron chi connectivity index (χ4n) is 3.01. The lowest BCUT2D eigenvalue weighted by Gasteiger charge is -2.34. The van der Waals surface area contributed by atoms with Gasteiger partial charge >= 0.3 is 6.09 Å². The third kappa shape index (κ3) is 3.37. The molecule has 0 aliphatic heterocycles. The van der Waals surface area contributed by atoms with E-state index in [-0.39, 0.29) is 11.6 Å². The largest absolute Gasteiger partial charge is 0.444 e. The lowest BCUT2D eigenvalue weighted by atomic mass is 9.80. The summed E-state index contributed by atoms with van der Waals surface area (Å²) in [5.41, 5.74) is 5.60. The van der Waals surface area contributed by atoms with Crippen molar-refractivity contribution in [3.05, 3.63) is 0 Å². The minimum atomic E-state index is -0.427. The molecular formula is C14H26N2O2. The van der Waals surface area contributed by atoms with Gasteiger partial charge in [0.15, 0.2) is 0 Å². The van der Waals surface area contributed by atoms with Crippen molar-refractivity contribution in [1.29, 1.82) is 0 Å². The Morgan fingerprint density at radius 2 is 2.00 bits per heavy atom. The second-order valence-electron chi connectivity index (χ2n) is 6.91. The van der Waals surface area contributed by atoms with Crippen LogP contribution < -0.4 is 11.1 Å². The molecule has 0 bridgehead atoms. The van der Waals surface area contributed by atoms with E-state index >= 15 is 0 Å². The predicted molar refractivity (Wildman–Crippen MR) is 71.3 cm³/mol. The highest BCUT2D eigenvalue weighted by Gasteiger charge is 2.51. The zero-order chi connectivity index (χ0) is 13.4. The van der Waals surface area contributed by atoms with Crippen LogP contribution >= 0.6 is 0 Å². The molecule has 0 heterocycles. The number of amides is 1. The summed E-state index contributed by atoms with van der Waals surface area (Å²) in [5.74, 6) is 0.536. The van der Waals surface area contributed by atoms with Crippen LogP contribution in [0, 0.1) is 5.92 Å². The van der Waals surface area contributed by atoms with Crippen molar-refractivity contribution in [2.75, 3.05) is 0 Å². The highest BCUT2D eigenvalue weighted by molar-refractivity contribution is 5.69. The van der Waals surface area contributed by atoms with Crippen molar-refractivity contribution >= 4 is 6.09 Å². The smallest absolute Gasteiger partial charge is 0.408 e. The summed E-state index contributed by atoms with van der Waals surface area (Å²) in [6, 6.07) is 0.307. The molecule has 4 heteroatoms. The second-order valence-corrected chi connectivity index (χ2v) is 6.91. The lowest BCUT2D eigenvalue weighted by molar-refractivity contribution is 0.0461. The SMILES string of the molecule is CC(C)(C)OC(=O)NC1(C2CCCC(N)C2)CC1. The molecule has 0 spiro atoms. The van der Waals surface area contributed by atoms with E-state index in [4.69, 9.17) is 10.5 Å². The third-order valence-corrected chi connectivity index (χ3v) is 4.03. The number of rotatable bonds is 2. The predicted octanol–water partition coefficient (Wildman–Crippen LogP) is 2.56. The molecular weight excluding hydrogens is 228 g/mol. The summed E-state index contributed by atoms with van der Waals surface area (Å²) in [4.78, 5) is 11.9. The van der Waals surface area contributed by atoms with Gasteiger partial charge in [0.25, 0.3) is 0 Å². The van der Waals surface area contributed by atoms with Gasteiger partial charge in [0.1, 0.15) is 5.60 Å². The molecule has 1 amide bonds. The van der Waals surface area contributed by atoms with Crippen LogP contribution in [0.2, 0.25) is 0 Å². The number of hydrogen-bond donors (Lipinski definition) is 2. The summed E-state index contributed by atoms with van der Waals surface area (Å²) in [6.07, 6.45) is 6.40. The van der Waals surface area contributed by atoms with Gasteiger partial charge in [-0.15, -0.1) is 0 Å². The van der Waals surface area contributed by atoms with Crippen molar-refractivity contribution < 1.29 is 9.53 Å². The van der Waals surface area contributed by atoms with Crippen molar-refractivity contribution in [3.63, 3.8) is 0 Å². The van der Waals surface area contributed by atoms with Crippen LogP contribution in [0.4, 0.5) is 4.79 Å². The molecule has 2 unspecified atom stereocenters. The summed E-state index contributed by atoms with van der Waals surface area (Å²) in [5, 5.41) is 3.10. The van der Waals surface area contributed by atoms with Crippen molar-refractivity contribution in [2.24, 2.45) is 11.7 Å². The average molecular weight is 254 g/mol. The van der Waals surface area contributed by atoms with Gasteiger partial charge in [-0.25, -0.2) is 4.79 Å². The highest BCUT2D eigenvalue weighted by atomic mass is 16.6. The van der Waals surface area contributed by atoms with Crippen molar-refractivity contribution in [1.82, 2.24) is 5.32 Å². The van der Waals surface area contributed by atoms with Gasteiger partial charge in [-0.2, -0.15) is 0 Å². The maximum Gasteiger partial charge on any atom is 0.408 e. The first-order chi connectivity index (χ1) is 8.31. The van der Waals surface area contributed by atoms with Gasteiger partial charge < -0.3 is 15.8 Å². The Bertz CT molecular complexity index is 318. The number of nitrogens with one attached hydrogen (secondary N) is 1.